The summed E-state index contributed by atoms with van der Waals surface area (Å²) in [6.07, 6.45) is 4.09. The fraction of sp³-hybridized carbons (Fsp3) is 0.438. The van der Waals surface area contributed by atoms with Crippen LogP contribution in [0, 0.1) is 0 Å². The van der Waals surface area contributed by atoms with Crippen molar-refractivity contribution in [2.45, 2.75) is 38.8 Å². The molecule has 0 spiro atoms. The van der Waals surface area contributed by atoms with Gasteiger partial charge in [-0.3, -0.25) is 4.68 Å². The highest BCUT2D eigenvalue weighted by Crippen LogP contribution is 2.20. The summed E-state index contributed by atoms with van der Waals surface area (Å²) in [5.41, 5.74) is 2.42. The number of hydrogen-bond donors (Lipinski definition) is 1. The molecule has 0 fully saturated rings. The van der Waals surface area contributed by atoms with Crippen molar-refractivity contribution in [1.82, 2.24) is 15.1 Å². The summed E-state index contributed by atoms with van der Waals surface area (Å²) in [7, 11) is 2.00. The molecule has 0 radical (unpaired) electrons. The van der Waals surface area contributed by atoms with E-state index in [4.69, 9.17) is 0 Å². The smallest absolute Gasteiger partial charge is 0.0643 e. The zero-order valence-corrected chi connectivity index (χ0v) is 13.9. The first-order valence-electron chi connectivity index (χ1n) is 7.10. The highest BCUT2D eigenvalue weighted by molar-refractivity contribution is 9.10. The Morgan fingerprint density at radius 1 is 1.25 bits per heavy atom. The Bertz CT molecular complexity index is 533. The minimum Gasteiger partial charge on any atom is -0.313 e. The zero-order valence-electron chi connectivity index (χ0n) is 12.3. The summed E-state index contributed by atoms with van der Waals surface area (Å²) in [5, 5.41) is 8.05. The minimum absolute atomic E-state index is 0.295. The first-order chi connectivity index (χ1) is 9.63. The van der Waals surface area contributed by atoms with Gasteiger partial charge in [0.25, 0.3) is 0 Å². The highest BCUT2D eigenvalue weighted by Gasteiger charge is 2.12. The molecule has 0 aliphatic heterocycles. The molecule has 1 N–H and O–H groups in total. The summed E-state index contributed by atoms with van der Waals surface area (Å²) in [6, 6.07) is 11.3. The number of halogens is 1. The van der Waals surface area contributed by atoms with Crippen LogP contribution in [-0.4, -0.2) is 16.8 Å². The predicted molar refractivity (Wildman–Crippen MR) is 86.9 cm³/mol. The molecule has 1 aromatic heterocycles. The lowest BCUT2D eigenvalue weighted by Crippen LogP contribution is -2.19. The van der Waals surface area contributed by atoms with Gasteiger partial charge in [0.2, 0.25) is 0 Å². The second-order valence-corrected chi connectivity index (χ2v) is 6.06. The molecule has 2 rings (SSSR count). The van der Waals surface area contributed by atoms with E-state index in [1.54, 1.807) is 0 Å². The number of nitrogens with zero attached hydrogens (tertiary/aromatic N) is 2. The lowest BCUT2D eigenvalue weighted by atomic mass is 10.0. The molecule has 0 saturated heterocycles. The number of aromatic nitrogens is 2. The minimum atomic E-state index is 0.295. The van der Waals surface area contributed by atoms with Gasteiger partial charge in [-0.15, -0.1) is 0 Å². The van der Waals surface area contributed by atoms with E-state index in [1.807, 2.05) is 7.05 Å². The molecule has 3 nitrogen and oxygen atoms in total. The van der Waals surface area contributed by atoms with Gasteiger partial charge in [-0.05, 0) is 44.2 Å². The van der Waals surface area contributed by atoms with E-state index in [0.29, 0.717) is 12.1 Å². The Kier molecular flexibility index (Phi) is 5.38. The topological polar surface area (TPSA) is 29.9 Å². The summed E-state index contributed by atoms with van der Waals surface area (Å²) >= 11 is 3.47. The van der Waals surface area contributed by atoms with E-state index in [-0.39, 0.29) is 0 Å². The van der Waals surface area contributed by atoms with Gasteiger partial charge in [-0.1, -0.05) is 35.0 Å². The quantitative estimate of drug-likeness (QED) is 0.860. The van der Waals surface area contributed by atoms with Crippen molar-refractivity contribution in [3.8, 4) is 0 Å². The van der Waals surface area contributed by atoms with Crippen molar-refractivity contribution in [3.63, 3.8) is 0 Å². The van der Waals surface area contributed by atoms with Crippen LogP contribution in [0.3, 0.4) is 0 Å². The molecule has 0 saturated carbocycles. The largest absolute Gasteiger partial charge is 0.313 e. The van der Waals surface area contributed by atoms with E-state index < -0.39 is 0 Å². The maximum absolute atomic E-state index is 4.68. The standard InChI is InChI=1S/C16H22BrN3/c1-4-12(2)20-10-9-15(19-20)11-16(18-3)13-5-7-14(17)8-6-13/h5-10,12,16,18H,4,11H2,1-3H3. The van der Waals surface area contributed by atoms with Gasteiger partial charge >= 0.3 is 0 Å². The summed E-state index contributed by atoms with van der Waals surface area (Å²) in [4.78, 5) is 0. The Balaban J connectivity index is 2.10. The van der Waals surface area contributed by atoms with Crippen molar-refractivity contribution >= 4 is 15.9 Å². The number of benzene rings is 1. The van der Waals surface area contributed by atoms with Crippen LogP contribution in [0.1, 0.15) is 43.6 Å². The summed E-state index contributed by atoms with van der Waals surface area (Å²) in [5.74, 6) is 0. The Hall–Kier alpha value is -1.13. The second kappa shape index (κ2) is 7.04. The van der Waals surface area contributed by atoms with Crippen LogP contribution in [0.25, 0.3) is 0 Å². The third-order valence-corrected chi connectivity index (χ3v) is 4.27. The van der Waals surface area contributed by atoms with Crippen LogP contribution in [-0.2, 0) is 6.42 Å². The number of nitrogens with one attached hydrogen (secondary N) is 1. The van der Waals surface area contributed by atoms with E-state index in [9.17, 15) is 0 Å². The van der Waals surface area contributed by atoms with Crippen molar-refractivity contribution < 1.29 is 0 Å². The predicted octanol–water partition coefficient (Wildman–Crippen LogP) is 4.12. The van der Waals surface area contributed by atoms with Gasteiger partial charge in [0, 0.05) is 29.2 Å². The molecule has 0 aliphatic rings. The van der Waals surface area contributed by atoms with Gasteiger partial charge in [0.15, 0.2) is 0 Å². The van der Waals surface area contributed by atoms with Crippen LogP contribution in [0.15, 0.2) is 41.0 Å². The normalized spacial score (nSPS) is 14.2. The third-order valence-electron chi connectivity index (χ3n) is 3.74. The summed E-state index contributed by atoms with van der Waals surface area (Å²) in [6.45, 7) is 4.38. The highest BCUT2D eigenvalue weighted by atomic mass is 79.9. The van der Waals surface area contributed by atoms with E-state index in [1.165, 1.54) is 5.56 Å². The van der Waals surface area contributed by atoms with Crippen molar-refractivity contribution in [1.29, 1.82) is 0 Å². The van der Waals surface area contributed by atoms with E-state index >= 15 is 0 Å². The monoisotopic (exact) mass is 335 g/mol. The number of hydrogen-bond acceptors (Lipinski definition) is 2. The van der Waals surface area contributed by atoms with Crippen molar-refractivity contribution in [2.24, 2.45) is 0 Å². The lowest BCUT2D eigenvalue weighted by molar-refractivity contribution is 0.469. The molecule has 0 amide bonds. The van der Waals surface area contributed by atoms with Gasteiger partial charge in [-0.25, -0.2) is 0 Å². The van der Waals surface area contributed by atoms with Gasteiger partial charge < -0.3 is 5.32 Å². The Labute approximate surface area is 129 Å². The van der Waals surface area contributed by atoms with Crippen LogP contribution in [0.4, 0.5) is 0 Å². The Morgan fingerprint density at radius 2 is 1.95 bits per heavy atom. The third kappa shape index (κ3) is 3.70. The first kappa shape index (κ1) is 15.3. The Morgan fingerprint density at radius 3 is 2.55 bits per heavy atom. The fourth-order valence-corrected chi connectivity index (χ4v) is 2.47. The second-order valence-electron chi connectivity index (χ2n) is 5.14. The van der Waals surface area contributed by atoms with Crippen LogP contribution in [0.2, 0.25) is 0 Å². The summed E-state index contributed by atoms with van der Waals surface area (Å²) < 4.78 is 3.17. The van der Waals surface area contributed by atoms with Gasteiger partial charge in [-0.2, -0.15) is 5.10 Å². The molecule has 4 heteroatoms. The maximum Gasteiger partial charge on any atom is 0.0643 e. The fourth-order valence-electron chi connectivity index (χ4n) is 2.21. The average Bonchev–Trinajstić information content (AvgIpc) is 2.93. The molecule has 1 aromatic carbocycles. The number of likely N-dealkylation sites (N-methyl/N-ethyl adjacent to an activating group) is 1. The van der Waals surface area contributed by atoms with Crippen molar-refractivity contribution in [2.75, 3.05) is 7.05 Å². The molecular formula is C16H22BrN3. The van der Waals surface area contributed by atoms with E-state index in [0.717, 1.165) is 23.0 Å². The van der Waals surface area contributed by atoms with Crippen molar-refractivity contribution in [3.05, 3.63) is 52.3 Å². The molecule has 2 aromatic rings. The van der Waals surface area contributed by atoms with Crippen LogP contribution < -0.4 is 5.32 Å². The van der Waals surface area contributed by atoms with Gasteiger partial charge in [0.1, 0.15) is 0 Å². The SMILES string of the molecule is CCC(C)n1ccc(CC(NC)c2ccc(Br)cc2)n1. The molecular weight excluding hydrogens is 314 g/mol. The molecule has 108 valence electrons. The molecule has 1 heterocycles. The van der Waals surface area contributed by atoms with Crippen LogP contribution >= 0.6 is 15.9 Å². The molecule has 20 heavy (non-hydrogen) atoms. The molecule has 2 atom stereocenters. The average molecular weight is 336 g/mol. The zero-order chi connectivity index (χ0) is 14.5. The first-order valence-corrected chi connectivity index (χ1v) is 7.90. The number of rotatable bonds is 6. The molecule has 2 unspecified atom stereocenters. The van der Waals surface area contributed by atoms with Crippen LogP contribution in [0.5, 0.6) is 0 Å². The molecule has 0 aliphatic carbocycles. The lowest BCUT2D eigenvalue weighted by Gasteiger charge is -2.15. The maximum atomic E-state index is 4.68. The molecule has 0 bridgehead atoms. The van der Waals surface area contributed by atoms with E-state index in [2.05, 4.69) is 81.4 Å². The van der Waals surface area contributed by atoms with Gasteiger partial charge in [0.05, 0.1) is 5.69 Å².